The predicted molar refractivity (Wildman–Crippen MR) is 119 cm³/mol. The zero-order valence-corrected chi connectivity index (χ0v) is 18.3. The molecule has 2 amide bonds. The highest BCUT2D eigenvalue weighted by Gasteiger charge is 2.34. The van der Waals surface area contributed by atoms with Crippen LogP contribution in [0.15, 0.2) is 64.5 Å². The molecule has 7 heteroatoms. The smallest absolute Gasteiger partial charge is 0.293 e. The van der Waals surface area contributed by atoms with Crippen molar-refractivity contribution in [1.82, 2.24) is 4.90 Å². The van der Waals surface area contributed by atoms with E-state index in [9.17, 15) is 9.59 Å². The van der Waals surface area contributed by atoms with Gasteiger partial charge in [0.25, 0.3) is 11.1 Å². The van der Waals surface area contributed by atoms with Crippen LogP contribution in [0.25, 0.3) is 6.08 Å². The zero-order chi connectivity index (χ0) is 20.8. The van der Waals surface area contributed by atoms with Crippen molar-refractivity contribution in [3.63, 3.8) is 0 Å². The van der Waals surface area contributed by atoms with E-state index in [1.165, 1.54) is 6.08 Å². The number of amides is 2. The number of ether oxygens (including phenoxy) is 2. The second-order valence-corrected chi connectivity index (χ2v) is 7.96. The third-order valence-corrected chi connectivity index (χ3v) is 5.67. The van der Waals surface area contributed by atoms with E-state index in [0.29, 0.717) is 29.6 Å². The first-order chi connectivity index (χ1) is 14.0. The Morgan fingerprint density at radius 1 is 1.14 bits per heavy atom. The van der Waals surface area contributed by atoms with Crippen LogP contribution < -0.4 is 9.47 Å². The molecule has 2 aromatic rings. The molecular formula is C22H20BrNO4S. The van der Waals surface area contributed by atoms with Gasteiger partial charge in [-0.3, -0.25) is 14.5 Å². The van der Waals surface area contributed by atoms with E-state index in [-0.39, 0.29) is 17.7 Å². The Morgan fingerprint density at radius 3 is 2.55 bits per heavy atom. The molecule has 0 unspecified atom stereocenters. The summed E-state index contributed by atoms with van der Waals surface area (Å²) in [5.74, 6) is 0.844. The largest absolute Gasteiger partial charge is 0.490 e. The highest BCUT2D eigenvalue weighted by atomic mass is 79.9. The maximum absolute atomic E-state index is 12.5. The third kappa shape index (κ3) is 5.10. The average Bonchev–Trinajstić information content (AvgIpc) is 2.98. The molecule has 1 saturated heterocycles. The van der Waals surface area contributed by atoms with Crippen molar-refractivity contribution in [1.29, 1.82) is 0 Å². The van der Waals surface area contributed by atoms with Gasteiger partial charge in [0.1, 0.15) is 6.61 Å². The van der Waals surface area contributed by atoms with E-state index < -0.39 is 0 Å². The van der Waals surface area contributed by atoms with Crippen LogP contribution in [-0.4, -0.2) is 29.2 Å². The van der Waals surface area contributed by atoms with Crippen molar-refractivity contribution in [2.24, 2.45) is 0 Å². The Morgan fingerprint density at radius 2 is 1.86 bits per heavy atom. The molecule has 0 saturated carbocycles. The number of hydrogen-bond donors (Lipinski definition) is 0. The van der Waals surface area contributed by atoms with Gasteiger partial charge in [0.2, 0.25) is 0 Å². The molecule has 0 radical (unpaired) electrons. The summed E-state index contributed by atoms with van der Waals surface area (Å²) < 4.78 is 12.4. The molecule has 150 valence electrons. The van der Waals surface area contributed by atoms with Gasteiger partial charge < -0.3 is 9.47 Å². The zero-order valence-electron chi connectivity index (χ0n) is 15.9. The molecule has 0 aromatic heterocycles. The summed E-state index contributed by atoms with van der Waals surface area (Å²) in [4.78, 5) is 26.0. The number of benzene rings is 2. The van der Waals surface area contributed by atoms with E-state index >= 15 is 0 Å². The molecule has 5 nitrogen and oxygen atoms in total. The van der Waals surface area contributed by atoms with Gasteiger partial charge >= 0.3 is 0 Å². The number of imide groups is 1. The monoisotopic (exact) mass is 473 g/mol. The number of rotatable bonds is 8. The maximum atomic E-state index is 12.5. The molecule has 0 N–H and O–H groups in total. The molecule has 1 aliphatic rings. The highest BCUT2D eigenvalue weighted by molar-refractivity contribution is 9.10. The van der Waals surface area contributed by atoms with Gasteiger partial charge in [-0.1, -0.05) is 52.3 Å². The van der Waals surface area contributed by atoms with Crippen molar-refractivity contribution in [3.05, 3.63) is 75.6 Å². The summed E-state index contributed by atoms with van der Waals surface area (Å²) in [5, 5.41) is -0.301. The summed E-state index contributed by atoms with van der Waals surface area (Å²) in [6.07, 6.45) is 3.21. The van der Waals surface area contributed by atoms with Gasteiger partial charge in [-0.05, 0) is 48.0 Å². The van der Waals surface area contributed by atoms with Crippen molar-refractivity contribution in [3.8, 4) is 11.5 Å². The SMILES string of the molecule is C=CCN1C(=O)S/C(=C/c2cc(OCC)c(OCc3ccccc3)cc2Br)C1=O. The predicted octanol–water partition coefficient (Wildman–Crippen LogP) is 5.65. The maximum Gasteiger partial charge on any atom is 0.293 e. The first-order valence-electron chi connectivity index (χ1n) is 9.02. The normalized spacial score (nSPS) is 15.1. The van der Waals surface area contributed by atoms with Crippen molar-refractivity contribution in [2.75, 3.05) is 13.2 Å². The topological polar surface area (TPSA) is 55.8 Å². The van der Waals surface area contributed by atoms with Crippen LogP contribution in [0.1, 0.15) is 18.1 Å². The first-order valence-corrected chi connectivity index (χ1v) is 10.6. The van der Waals surface area contributed by atoms with Crippen LogP contribution >= 0.6 is 27.7 Å². The molecule has 1 aliphatic heterocycles. The Labute approximate surface area is 182 Å². The molecule has 0 spiro atoms. The van der Waals surface area contributed by atoms with E-state index in [1.54, 1.807) is 12.1 Å². The fourth-order valence-electron chi connectivity index (χ4n) is 2.71. The minimum Gasteiger partial charge on any atom is -0.490 e. The standard InChI is InChI=1S/C22H20BrNO4S/c1-3-10-24-21(25)20(29-22(24)26)12-16-11-18(27-4-2)19(13-17(16)23)28-14-15-8-6-5-7-9-15/h3,5-9,11-13H,1,4,10,14H2,2H3/b20-12+. The van der Waals surface area contributed by atoms with E-state index in [0.717, 1.165) is 32.3 Å². The Bertz CT molecular complexity index is 959. The molecule has 1 fully saturated rings. The van der Waals surface area contributed by atoms with Crippen molar-refractivity contribution in [2.45, 2.75) is 13.5 Å². The minimum absolute atomic E-state index is 0.194. The van der Waals surface area contributed by atoms with Crippen molar-refractivity contribution >= 4 is 44.9 Å². The van der Waals surface area contributed by atoms with E-state index in [2.05, 4.69) is 22.5 Å². The van der Waals surface area contributed by atoms with Crippen LogP contribution in [0.3, 0.4) is 0 Å². The molecule has 0 atom stereocenters. The van der Waals surface area contributed by atoms with E-state index in [1.807, 2.05) is 43.3 Å². The third-order valence-electron chi connectivity index (χ3n) is 4.07. The van der Waals surface area contributed by atoms with Gasteiger partial charge in [0.05, 0.1) is 11.5 Å². The minimum atomic E-state index is -0.325. The van der Waals surface area contributed by atoms with Gasteiger partial charge in [0.15, 0.2) is 11.5 Å². The summed E-state index contributed by atoms with van der Waals surface area (Å²) in [7, 11) is 0. The number of carbonyl (C=O) groups is 2. The Balaban J connectivity index is 1.87. The molecule has 3 rings (SSSR count). The van der Waals surface area contributed by atoms with E-state index in [4.69, 9.17) is 9.47 Å². The fraction of sp³-hybridized carbons (Fsp3) is 0.182. The summed E-state index contributed by atoms with van der Waals surface area (Å²) in [6.45, 7) is 6.55. The summed E-state index contributed by atoms with van der Waals surface area (Å²) in [5.41, 5.74) is 1.77. The molecule has 2 aromatic carbocycles. The number of carbonyl (C=O) groups excluding carboxylic acids is 2. The second kappa shape index (κ2) is 9.80. The number of halogens is 1. The number of hydrogen-bond acceptors (Lipinski definition) is 5. The van der Waals surface area contributed by atoms with Crippen LogP contribution in [0.5, 0.6) is 11.5 Å². The Hall–Kier alpha value is -2.51. The summed E-state index contributed by atoms with van der Waals surface area (Å²) >= 11 is 4.45. The Kier molecular flexibility index (Phi) is 7.17. The fourth-order valence-corrected chi connectivity index (χ4v) is 3.98. The van der Waals surface area contributed by atoms with Crippen LogP contribution in [0, 0.1) is 0 Å². The van der Waals surface area contributed by atoms with Gasteiger partial charge in [-0.15, -0.1) is 6.58 Å². The van der Waals surface area contributed by atoms with Gasteiger partial charge in [-0.25, -0.2) is 0 Å². The van der Waals surface area contributed by atoms with Gasteiger partial charge in [-0.2, -0.15) is 0 Å². The van der Waals surface area contributed by atoms with Crippen LogP contribution in [0.2, 0.25) is 0 Å². The van der Waals surface area contributed by atoms with Crippen LogP contribution in [0.4, 0.5) is 4.79 Å². The molecular weight excluding hydrogens is 454 g/mol. The quantitative estimate of drug-likeness (QED) is 0.366. The summed E-state index contributed by atoms with van der Waals surface area (Å²) in [6, 6.07) is 13.5. The lowest BCUT2D eigenvalue weighted by Gasteiger charge is -2.14. The average molecular weight is 474 g/mol. The van der Waals surface area contributed by atoms with Crippen molar-refractivity contribution < 1.29 is 19.1 Å². The second-order valence-electron chi connectivity index (χ2n) is 6.11. The first kappa shape index (κ1) is 21.2. The number of nitrogens with zero attached hydrogens (tertiary/aromatic N) is 1. The molecule has 0 bridgehead atoms. The highest BCUT2D eigenvalue weighted by Crippen LogP contribution is 2.38. The van der Waals surface area contributed by atoms with Crippen LogP contribution in [-0.2, 0) is 11.4 Å². The lowest BCUT2D eigenvalue weighted by atomic mass is 10.1. The van der Waals surface area contributed by atoms with Gasteiger partial charge in [0, 0.05) is 11.0 Å². The molecule has 29 heavy (non-hydrogen) atoms. The molecule has 0 aliphatic carbocycles. The lowest BCUT2D eigenvalue weighted by molar-refractivity contribution is -0.122. The molecule has 1 heterocycles. The lowest BCUT2D eigenvalue weighted by Crippen LogP contribution is -2.27. The number of thioether (sulfide) groups is 1.